The second kappa shape index (κ2) is 6.89. The van der Waals surface area contributed by atoms with Gasteiger partial charge in [0.1, 0.15) is 5.82 Å². The van der Waals surface area contributed by atoms with Crippen molar-refractivity contribution in [2.45, 2.75) is 57.8 Å². The minimum atomic E-state index is -4.64. The van der Waals surface area contributed by atoms with Crippen molar-refractivity contribution >= 4 is 0 Å². The Bertz CT molecular complexity index is 789. The average Bonchev–Trinajstić information content (AvgIpc) is 3.26. The van der Waals surface area contributed by atoms with Crippen LogP contribution in [0.5, 0.6) is 0 Å². The molecule has 1 aromatic heterocycles. The normalized spacial score (nSPS) is 16.6. The molecular formula is C19H22F5N3. The fourth-order valence-corrected chi connectivity index (χ4v) is 3.39. The molecule has 2 aromatic rings. The second-order valence-electron chi connectivity index (χ2n) is 7.21. The Balaban J connectivity index is 2.00. The molecule has 8 heteroatoms. The number of alkyl halides is 5. The van der Waals surface area contributed by atoms with Gasteiger partial charge in [-0.15, -0.1) is 0 Å². The minimum absolute atomic E-state index is 0.0458. The van der Waals surface area contributed by atoms with Crippen molar-refractivity contribution < 1.29 is 22.0 Å². The van der Waals surface area contributed by atoms with Crippen LogP contribution in [-0.2, 0) is 19.3 Å². The highest BCUT2D eigenvalue weighted by Gasteiger charge is 2.61. The summed E-state index contributed by atoms with van der Waals surface area (Å²) in [5.41, 5.74) is 4.44. The summed E-state index contributed by atoms with van der Waals surface area (Å²) in [5, 5.41) is 0. The lowest BCUT2D eigenvalue weighted by Gasteiger charge is -2.27. The Morgan fingerprint density at radius 3 is 2.22 bits per heavy atom. The summed E-state index contributed by atoms with van der Waals surface area (Å²) < 4.78 is 69.9. The summed E-state index contributed by atoms with van der Waals surface area (Å²) in [6.45, 7) is 1.79. The number of rotatable bonds is 7. The summed E-state index contributed by atoms with van der Waals surface area (Å²) in [4.78, 5) is 3.71. The van der Waals surface area contributed by atoms with Crippen LogP contribution in [0.2, 0.25) is 0 Å². The Hall–Kier alpha value is -1.96. The van der Waals surface area contributed by atoms with Crippen LogP contribution in [0.25, 0.3) is 11.4 Å². The van der Waals surface area contributed by atoms with Crippen LogP contribution in [0.15, 0.2) is 30.5 Å². The van der Waals surface area contributed by atoms with Crippen LogP contribution in [0.1, 0.15) is 43.9 Å². The van der Waals surface area contributed by atoms with E-state index in [1.807, 2.05) is 0 Å². The van der Waals surface area contributed by atoms with E-state index in [0.29, 0.717) is 31.4 Å². The topological polar surface area (TPSA) is 43.8 Å². The first kappa shape index (κ1) is 19.8. The molecule has 1 aliphatic carbocycles. The van der Waals surface area contributed by atoms with Gasteiger partial charge in [-0.3, -0.25) is 0 Å². The molecule has 3 rings (SSSR count). The third-order valence-electron chi connectivity index (χ3n) is 5.18. The molecule has 3 nitrogen and oxygen atoms in total. The van der Waals surface area contributed by atoms with E-state index < -0.39 is 23.2 Å². The standard InChI is InChI=1S/C19H22F5N3/c1-2-7-18(20,21)17(8-9-17)12-27-11-15(19(22,23)24)26-16(27)14-5-3-13(10-25)4-6-14/h3-6,11H,2,7-10,12,25H2,1H3. The van der Waals surface area contributed by atoms with Gasteiger partial charge in [0.05, 0.1) is 5.41 Å². The van der Waals surface area contributed by atoms with E-state index in [1.54, 1.807) is 31.2 Å². The van der Waals surface area contributed by atoms with Crippen molar-refractivity contribution in [3.05, 3.63) is 41.7 Å². The number of imidazole rings is 1. The van der Waals surface area contributed by atoms with Crippen molar-refractivity contribution in [2.24, 2.45) is 11.1 Å². The summed E-state index contributed by atoms with van der Waals surface area (Å²) in [6.07, 6.45) is -3.15. The van der Waals surface area contributed by atoms with E-state index >= 15 is 0 Å². The van der Waals surface area contributed by atoms with Gasteiger partial charge in [-0.05, 0) is 18.4 Å². The van der Waals surface area contributed by atoms with E-state index in [9.17, 15) is 22.0 Å². The van der Waals surface area contributed by atoms with Gasteiger partial charge in [-0.2, -0.15) is 13.2 Å². The molecule has 1 saturated carbocycles. The lowest BCUT2D eigenvalue weighted by molar-refractivity contribution is -0.141. The van der Waals surface area contributed by atoms with E-state index in [4.69, 9.17) is 5.73 Å². The molecule has 0 amide bonds. The van der Waals surface area contributed by atoms with Crippen LogP contribution in [0.4, 0.5) is 22.0 Å². The highest BCUT2D eigenvalue weighted by atomic mass is 19.4. The average molecular weight is 387 g/mol. The zero-order valence-corrected chi connectivity index (χ0v) is 15.0. The molecule has 27 heavy (non-hydrogen) atoms. The molecule has 0 spiro atoms. The van der Waals surface area contributed by atoms with Crippen molar-refractivity contribution in [1.29, 1.82) is 0 Å². The molecule has 0 radical (unpaired) electrons. The van der Waals surface area contributed by atoms with Gasteiger partial charge in [0.15, 0.2) is 5.69 Å². The smallest absolute Gasteiger partial charge is 0.330 e. The molecule has 1 aromatic carbocycles. The van der Waals surface area contributed by atoms with Crippen molar-refractivity contribution in [3.63, 3.8) is 0 Å². The maximum atomic E-state index is 14.6. The van der Waals surface area contributed by atoms with Crippen molar-refractivity contribution in [1.82, 2.24) is 9.55 Å². The number of nitrogens with zero attached hydrogens (tertiary/aromatic N) is 2. The van der Waals surface area contributed by atoms with Gasteiger partial charge < -0.3 is 10.3 Å². The molecule has 148 valence electrons. The predicted octanol–water partition coefficient (Wildman–Crippen LogP) is 5.24. The van der Waals surface area contributed by atoms with Crippen LogP contribution in [0.3, 0.4) is 0 Å². The Kier molecular flexibility index (Phi) is 5.05. The highest BCUT2D eigenvalue weighted by molar-refractivity contribution is 5.57. The first-order valence-corrected chi connectivity index (χ1v) is 8.93. The van der Waals surface area contributed by atoms with Crippen molar-refractivity contribution in [2.75, 3.05) is 0 Å². The number of hydrogen-bond donors (Lipinski definition) is 1. The Morgan fingerprint density at radius 1 is 1.11 bits per heavy atom. The first-order valence-electron chi connectivity index (χ1n) is 8.93. The molecule has 0 atom stereocenters. The monoisotopic (exact) mass is 387 g/mol. The fraction of sp³-hybridized carbons (Fsp3) is 0.526. The Morgan fingerprint density at radius 2 is 1.74 bits per heavy atom. The van der Waals surface area contributed by atoms with Gasteiger partial charge in [0.2, 0.25) is 0 Å². The van der Waals surface area contributed by atoms with E-state index in [0.717, 1.165) is 11.8 Å². The number of halogens is 5. The van der Waals surface area contributed by atoms with Crippen molar-refractivity contribution in [3.8, 4) is 11.4 Å². The molecule has 1 fully saturated rings. The SMILES string of the molecule is CCCC(F)(F)C1(Cn2cc(C(F)(F)F)nc2-c2ccc(CN)cc2)CC1. The third kappa shape index (κ3) is 3.85. The second-order valence-corrected chi connectivity index (χ2v) is 7.21. The van der Waals surface area contributed by atoms with E-state index in [2.05, 4.69) is 4.98 Å². The maximum absolute atomic E-state index is 14.6. The predicted molar refractivity (Wildman–Crippen MR) is 92.1 cm³/mol. The fourth-order valence-electron chi connectivity index (χ4n) is 3.39. The summed E-state index contributed by atoms with van der Waals surface area (Å²) in [7, 11) is 0. The zero-order chi connectivity index (χ0) is 19.9. The van der Waals surface area contributed by atoms with Gasteiger partial charge in [0, 0.05) is 31.3 Å². The summed E-state index contributed by atoms with van der Waals surface area (Å²) in [5.74, 6) is -2.87. The van der Waals surface area contributed by atoms with E-state index in [1.165, 1.54) is 4.57 Å². The van der Waals surface area contributed by atoms with Gasteiger partial charge >= 0.3 is 6.18 Å². The molecule has 2 N–H and O–H groups in total. The van der Waals surface area contributed by atoms with Gasteiger partial charge in [0.25, 0.3) is 5.92 Å². The lowest BCUT2D eigenvalue weighted by atomic mass is 9.94. The number of nitrogens with two attached hydrogens (primary N) is 1. The molecule has 0 aliphatic heterocycles. The quantitative estimate of drug-likeness (QED) is 0.660. The van der Waals surface area contributed by atoms with Crippen LogP contribution in [0, 0.1) is 5.41 Å². The summed E-state index contributed by atoms with van der Waals surface area (Å²) >= 11 is 0. The first-order chi connectivity index (χ1) is 12.6. The Labute approximate surface area is 154 Å². The minimum Gasteiger partial charge on any atom is -0.330 e. The number of hydrogen-bond acceptors (Lipinski definition) is 2. The summed E-state index contributed by atoms with van der Waals surface area (Å²) in [6, 6.07) is 6.62. The molecule has 0 bridgehead atoms. The van der Waals surface area contributed by atoms with Gasteiger partial charge in [-0.1, -0.05) is 37.6 Å². The molecule has 1 heterocycles. The molecule has 1 aliphatic rings. The van der Waals surface area contributed by atoms with Gasteiger partial charge in [-0.25, -0.2) is 13.8 Å². The molecule has 0 unspecified atom stereocenters. The van der Waals surface area contributed by atoms with Crippen LogP contribution >= 0.6 is 0 Å². The van der Waals surface area contributed by atoms with Crippen LogP contribution in [-0.4, -0.2) is 15.5 Å². The molecular weight excluding hydrogens is 365 g/mol. The molecule has 0 saturated heterocycles. The maximum Gasteiger partial charge on any atom is 0.434 e. The highest BCUT2D eigenvalue weighted by Crippen LogP contribution is 2.59. The number of benzene rings is 1. The third-order valence-corrected chi connectivity index (χ3v) is 5.18. The lowest BCUT2D eigenvalue weighted by Crippen LogP contribution is -2.33. The largest absolute Gasteiger partial charge is 0.434 e. The van der Waals surface area contributed by atoms with Crippen LogP contribution < -0.4 is 5.73 Å². The van der Waals surface area contributed by atoms with E-state index in [-0.39, 0.29) is 18.8 Å². The number of aromatic nitrogens is 2. The zero-order valence-electron chi connectivity index (χ0n) is 15.0.